The Balaban J connectivity index is 2.15. The van der Waals surface area contributed by atoms with Gasteiger partial charge in [-0.3, -0.25) is 0 Å². The summed E-state index contributed by atoms with van der Waals surface area (Å²) in [5, 5.41) is 0. The average molecular weight is 270 g/mol. The number of aromatic nitrogens is 2. The van der Waals surface area contributed by atoms with Crippen molar-refractivity contribution in [1.82, 2.24) is 9.97 Å². The predicted octanol–water partition coefficient (Wildman–Crippen LogP) is 4.32. The minimum atomic E-state index is -0.223. The van der Waals surface area contributed by atoms with Crippen LogP contribution >= 0.6 is 11.3 Å². The van der Waals surface area contributed by atoms with Crippen LogP contribution in [0, 0.1) is 12.7 Å². The number of benzene rings is 1. The van der Waals surface area contributed by atoms with Crippen LogP contribution in [-0.4, -0.2) is 9.97 Å². The van der Waals surface area contributed by atoms with Crippen LogP contribution in [0.4, 0.5) is 4.39 Å². The molecule has 19 heavy (non-hydrogen) atoms. The van der Waals surface area contributed by atoms with Crippen molar-refractivity contribution in [2.24, 2.45) is 0 Å². The SMILES string of the molecule is Cc1cc(-c2ccc(F)cc2)c(-c2ccncn2)s1. The number of hydrogen-bond donors (Lipinski definition) is 0. The monoisotopic (exact) mass is 270 g/mol. The summed E-state index contributed by atoms with van der Waals surface area (Å²) in [6.45, 7) is 2.06. The van der Waals surface area contributed by atoms with E-state index in [1.807, 2.05) is 6.07 Å². The molecule has 0 aliphatic rings. The van der Waals surface area contributed by atoms with Crippen LogP contribution in [0.2, 0.25) is 0 Å². The Bertz CT molecular complexity index is 690. The first-order valence-electron chi connectivity index (χ1n) is 5.87. The highest BCUT2D eigenvalue weighted by molar-refractivity contribution is 7.16. The van der Waals surface area contributed by atoms with E-state index in [0.29, 0.717) is 0 Å². The topological polar surface area (TPSA) is 25.8 Å². The molecule has 4 heteroatoms. The summed E-state index contributed by atoms with van der Waals surface area (Å²) in [6, 6.07) is 10.5. The van der Waals surface area contributed by atoms with Crippen molar-refractivity contribution in [3.8, 4) is 21.7 Å². The molecule has 2 heterocycles. The second kappa shape index (κ2) is 4.90. The van der Waals surface area contributed by atoms with Crippen LogP contribution in [0.3, 0.4) is 0 Å². The largest absolute Gasteiger partial charge is 0.245 e. The predicted molar refractivity (Wildman–Crippen MR) is 75.5 cm³/mol. The van der Waals surface area contributed by atoms with Crippen molar-refractivity contribution in [2.75, 3.05) is 0 Å². The van der Waals surface area contributed by atoms with Gasteiger partial charge in [0.2, 0.25) is 0 Å². The summed E-state index contributed by atoms with van der Waals surface area (Å²) < 4.78 is 13.0. The molecule has 0 spiro atoms. The summed E-state index contributed by atoms with van der Waals surface area (Å²) in [5.41, 5.74) is 2.98. The van der Waals surface area contributed by atoms with Crippen LogP contribution in [0.5, 0.6) is 0 Å². The zero-order chi connectivity index (χ0) is 13.2. The van der Waals surface area contributed by atoms with Crippen LogP contribution in [-0.2, 0) is 0 Å². The molecule has 0 unspecified atom stereocenters. The number of halogens is 1. The molecule has 94 valence electrons. The molecule has 0 aliphatic heterocycles. The van der Waals surface area contributed by atoms with E-state index in [2.05, 4.69) is 23.0 Å². The zero-order valence-electron chi connectivity index (χ0n) is 10.3. The fraction of sp³-hybridized carbons (Fsp3) is 0.0667. The van der Waals surface area contributed by atoms with Gasteiger partial charge >= 0.3 is 0 Å². The van der Waals surface area contributed by atoms with Crippen molar-refractivity contribution in [3.05, 3.63) is 59.6 Å². The minimum absolute atomic E-state index is 0.223. The summed E-state index contributed by atoms with van der Waals surface area (Å²) >= 11 is 1.68. The second-order valence-electron chi connectivity index (χ2n) is 4.20. The third-order valence-corrected chi connectivity index (χ3v) is 3.90. The highest BCUT2D eigenvalue weighted by atomic mass is 32.1. The highest BCUT2D eigenvalue weighted by Crippen LogP contribution is 2.37. The van der Waals surface area contributed by atoms with Crippen molar-refractivity contribution in [3.63, 3.8) is 0 Å². The lowest BCUT2D eigenvalue weighted by Gasteiger charge is -2.03. The number of thiophene rings is 1. The molecular weight excluding hydrogens is 259 g/mol. The van der Waals surface area contributed by atoms with Crippen molar-refractivity contribution in [2.45, 2.75) is 6.92 Å². The molecule has 2 aromatic heterocycles. The lowest BCUT2D eigenvalue weighted by Crippen LogP contribution is -1.84. The first kappa shape index (κ1) is 12.0. The van der Waals surface area contributed by atoms with Crippen LogP contribution in [0.25, 0.3) is 21.7 Å². The van der Waals surface area contributed by atoms with Gasteiger partial charge in [-0.2, -0.15) is 0 Å². The highest BCUT2D eigenvalue weighted by Gasteiger charge is 2.12. The van der Waals surface area contributed by atoms with Gasteiger partial charge in [-0.05, 0) is 36.8 Å². The molecule has 0 saturated heterocycles. The Hall–Kier alpha value is -2.07. The third kappa shape index (κ3) is 2.39. The first-order chi connectivity index (χ1) is 9.24. The van der Waals surface area contributed by atoms with Gasteiger partial charge in [-0.25, -0.2) is 14.4 Å². The molecule has 3 rings (SSSR count). The number of aryl methyl sites for hydroxylation is 1. The van der Waals surface area contributed by atoms with Crippen molar-refractivity contribution in [1.29, 1.82) is 0 Å². The first-order valence-corrected chi connectivity index (χ1v) is 6.68. The van der Waals surface area contributed by atoms with E-state index in [4.69, 9.17) is 0 Å². The molecule has 3 aromatic rings. The van der Waals surface area contributed by atoms with Crippen LogP contribution in [0.15, 0.2) is 48.9 Å². The Labute approximate surface area is 114 Å². The van der Waals surface area contributed by atoms with Crippen molar-refractivity contribution < 1.29 is 4.39 Å². The van der Waals surface area contributed by atoms with E-state index in [0.717, 1.165) is 21.7 Å². The van der Waals surface area contributed by atoms with E-state index in [1.54, 1.807) is 36.0 Å². The van der Waals surface area contributed by atoms with Crippen LogP contribution < -0.4 is 0 Å². The van der Waals surface area contributed by atoms with E-state index < -0.39 is 0 Å². The Morgan fingerprint density at radius 2 is 1.89 bits per heavy atom. The molecule has 0 aliphatic carbocycles. The van der Waals surface area contributed by atoms with E-state index >= 15 is 0 Å². The van der Waals surface area contributed by atoms with Gasteiger partial charge in [0.25, 0.3) is 0 Å². The maximum Gasteiger partial charge on any atom is 0.123 e. The maximum atomic E-state index is 13.0. The van der Waals surface area contributed by atoms with Gasteiger partial charge in [-0.15, -0.1) is 11.3 Å². The van der Waals surface area contributed by atoms with E-state index in [9.17, 15) is 4.39 Å². The Morgan fingerprint density at radius 1 is 1.11 bits per heavy atom. The molecule has 0 atom stereocenters. The smallest absolute Gasteiger partial charge is 0.123 e. The standard InChI is InChI=1S/C15H11FN2S/c1-10-8-13(11-2-4-12(16)5-3-11)15(19-10)14-6-7-17-9-18-14/h2-9H,1H3. The van der Waals surface area contributed by atoms with E-state index in [-0.39, 0.29) is 5.82 Å². The molecule has 0 amide bonds. The molecular formula is C15H11FN2S. The molecule has 1 aromatic carbocycles. The summed E-state index contributed by atoms with van der Waals surface area (Å²) in [6.07, 6.45) is 3.27. The summed E-state index contributed by atoms with van der Waals surface area (Å²) in [7, 11) is 0. The average Bonchev–Trinajstić information content (AvgIpc) is 2.83. The lowest BCUT2D eigenvalue weighted by atomic mass is 10.0. The van der Waals surface area contributed by atoms with Gasteiger partial charge in [0.1, 0.15) is 12.1 Å². The maximum absolute atomic E-state index is 13.0. The molecule has 0 N–H and O–H groups in total. The Morgan fingerprint density at radius 3 is 2.58 bits per heavy atom. The van der Waals surface area contributed by atoms with Crippen LogP contribution in [0.1, 0.15) is 4.88 Å². The van der Waals surface area contributed by atoms with Gasteiger partial charge < -0.3 is 0 Å². The second-order valence-corrected chi connectivity index (χ2v) is 5.46. The molecule has 0 bridgehead atoms. The molecule has 0 fully saturated rings. The van der Waals surface area contributed by atoms with Crippen molar-refractivity contribution >= 4 is 11.3 Å². The number of rotatable bonds is 2. The number of nitrogens with zero attached hydrogens (tertiary/aromatic N) is 2. The fourth-order valence-corrected chi connectivity index (χ4v) is 2.98. The number of hydrogen-bond acceptors (Lipinski definition) is 3. The zero-order valence-corrected chi connectivity index (χ0v) is 11.1. The van der Waals surface area contributed by atoms with Gasteiger partial charge in [-0.1, -0.05) is 12.1 Å². The van der Waals surface area contributed by atoms with Gasteiger partial charge in [0.15, 0.2) is 0 Å². The molecule has 2 nitrogen and oxygen atoms in total. The Kier molecular flexibility index (Phi) is 3.09. The summed E-state index contributed by atoms with van der Waals surface area (Å²) in [4.78, 5) is 10.5. The lowest BCUT2D eigenvalue weighted by molar-refractivity contribution is 0.628. The minimum Gasteiger partial charge on any atom is -0.245 e. The normalized spacial score (nSPS) is 10.6. The fourth-order valence-electron chi connectivity index (χ4n) is 1.97. The molecule has 0 radical (unpaired) electrons. The van der Waals surface area contributed by atoms with Gasteiger partial charge in [0.05, 0.1) is 10.6 Å². The van der Waals surface area contributed by atoms with E-state index in [1.165, 1.54) is 17.0 Å². The quantitative estimate of drug-likeness (QED) is 0.693. The van der Waals surface area contributed by atoms with Gasteiger partial charge in [0, 0.05) is 16.6 Å². The third-order valence-electron chi connectivity index (χ3n) is 2.83. The molecule has 0 saturated carbocycles. The summed E-state index contributed by atoms with van der Waals surface area (Å²) in [5.74, 6) is -0.223.